The molecule has 1 atom stereocenters. The number of aliphatic carboxylic acids is 1. The van der Waals surface area contributed by atoms with Crippen molar-refractivity contribution in [1.29, 1.82) is 0 Å². The molecule has 1 aromatic carbocycles. The van der Waals surface area contributed by atoms with Crippen molar-refractivity contribution in [2.24, 2.45) is 7.05 Å². The standard InChI is InChI=1S/C19H20N4O3/c1-10-8-15(16-12(3)22-23(4)17(16)20-10)18(24)21-14-7-5-6-13(9-14)11(2)19(25)26/h5-9,11H,1-4H3,(H,21,24)(H,25,26). The molecule has 2 N–H and O–H groups in total. The Balaban J connectivity index is 1.98. The highest BCUT2D eigenvalue weighted by Gasteiger charge is 2.19. The van der Waals surface area contributed by atoms with Gasteiger partial charge in [0.2, 0.25) is 0 Å². The van der Waals surface area contributed by atoms with E-state index in [1.54, 1.807) is 49.0 Å². The van der Waals surface area contributed by atoms with Gasteiger partial charge in [0.25, 0.3) is 5.91 Å². The van der Waals surface area contributed by atoms with Crippen LogP contribution in [0.25, 0.3) is 11.0 Å². The van der Waals surface area contributed by atoms with E-state index < -0.39 is 11.9 Å². The van der Waals surface area contributed by atoms with E-state index in [1.807, 2.05) is 13.8 Å². The Morgan fingerprint density at radius 3 is 2.65 bits per heavy atom. The van der Waals surface area contributed by atoms with E-state index in [4.69, 9.17) is 5.11 Å². The van der Waals surface area contributed by atoms with E-state index in [0.717, 1.165) is 11.4 Å². The Hall–Kier alpha value is -3.22. The average Bonchev–Trinajstić information content (AvgIpc) is 2.87. The Labute approximate surface area is 150 Å². The van der Waals surface area contributed by atoms with Gasteiger partial charge in [0.05, 0.1) is 22.6 Å². The normalized spacial score (nSPS) is 12.2. The number of carboxylic acid groups (broad SMARTS) is 1. The summed E-state index contributed by atoms with van der Waals surface area (Å²) in [6.45, 7) is 5.27. The number of pyridine rings is 1. The maximum atomic E-state index is 12.9. The summed E-state index contributed by atoms with van der Waals surface area (Å²) in [5.41, 5.74) is 3.77. The van der Waals surface area contributed by atoms with Crippen molar-refractivity contribution >= 4 is 28.6 Å². The minimum Gasteiger partial charge on any atom is -0.481 e. The number of nitrogens with zero attached hydrogens (tertiary/aromatic N) is 3. The zero-order chi connectivity index (χ0) is 19.0. The van der Waals surface area contributed by atoms with Crippen LogP contribution in [0, 0.1) is 13.8 Å². The zero-order valence-corrected chi connectivity index (χ0v) is 15.1. The van der Waals surface area contributed by atoms with Gasteiger partial charge in [-0.25, -0.2) is 4.98 Å². The van der Waals surface area contributed by atoms with Crippen LogP contribution >= 0.6 is 0 Å². The molecular weight excluding hydrogens is 332 g/mol. The number of anilines is 1. The summed E-state index contributed by atoms with van der Waals surface area (Å²) >= 11 is 0. The number of hydrogen-bond donors (Lipinski definition) is 2. The van der Waals surface area contributed by atoms with Crippen molar-refractivity contribution in [1.82, 2.24) is 14.8 Å². The molecule has 26 heavy (non-hydrogen) atoms. The van der Waals surface area contributed by atoms with Crippen molar-refractivity contribution in [2.45, 2.75) is 26.7 Å². The molecular formula is C19H20N4O3. The molecule has 7 nitrogen and oxygen atoms in total. The number of benzene rings is 1. The van der Waals surface area contributed by atoms with Gasteiger partial charge in [-0.05, 0) is 44.5 Å². The minimum absolute atomic E-state index is 0.281. The van der Waals surface area contributed by atoms with Gasteiger partial charge in [-0.15, -0.1) is 0 Å². The van der Waals surface area contributed by atoms with Gasteiger partial charge in [0, 0.05) is 18.4 Å². The molecule has 0 saturated carbocycles. The first-order valence-corrected chi connectivity index (χ1v) is 8.23. The van der Waals surface area contributed by atoms with Gasteiger partial charge in [-0.3, -0.25) is 14.3 Å². The number of aromatic nitrogens is 3. The molecule has 7 heteroatoms. The van der Waals surface area contributed by atoms with E-state index in [9.17, 15) is 9.59 Å². The molecule has 3 rings (SSSR count). The number of fused-ring (bicyclic) bond motifs is 1. The first kappa shape index (κ1) is 17.6. The van der Waals surface area contributed by atoms with E-state index in [1.165, 1.54) is 0 Å². The first-order chi connectivity index (χ1) is 12.3. The third-order valence-corrected chi connectivity index (χ3v) is 4.36. The van der Waals surface area contributed by atoms with Gasteiger partial charge >= 0.3 is 5.97 Å². The fourth-order valence-electron chi connectivity index (χ4n) is 2.98. The van der Waals surface area contributed by atoms with Crippen molar-refractivity contribution < 1.29 is 14.7 Å². The number of nitrogens with one attached hydrogen (secondary N) is 1. The fourth-order valence-corrected chi connectivity index (χ4v) is 2.98. The third-order valence-electron chi connectivity index (χ3n) is 4.36. The first-order valence-electron chi connectivity index (χ1n) is 8.23. The number of carboxylic acids is 1. The number of carbonyl (C=O) groups excluding carboxylic acids is 1. The van der Waals surface area contributed by atoms with Crippen molar-refractivity contribution in [3.63, 3.8) is 0 Å². The summed E-state index contributed by atoms with van der Waals surface area (Å²) in [6, 6.07) is 8.60. The summed E-state index contributed by atoms with van der Waals surface area (Å²) in [7, 11) is 1.79. The maximum Gasteiger partial charge on any atom is 0.310 e. The summed E-state index contributed by atoms with van der Waals surface area (Å²) in [4.78, 5) is 28.5. The molecule has 0 saturated heterocycles. The van der Waals surface area contributed by atoms with Crippen LogP contribution in [-0.2, 0) is 11.8 Å². The SMILES string of the molecule is Cc1cc(C(=O)Nc2cccc(C(C)C(=O)O)c2)c2c(C)nn(C)c2n1. The van der Waals surface area contributed by atoms with Crippen LogP contribution in [0.4, 0.5) is 5.69 Å². The number of hydrogen-bond acceptors (Lipinski definition) is 4. The van der Waals surface area contributed by atoms with Gasteiger partial charge < -0.3 is 10.4 Å². The summed E-state index contributed by atoms with van der Waals surface area (Å²) in [6.07, 6.45) is 0. The molecule has 0 aliphatic heterocycles. The second-order valence-electron chi connectivity index (χ2n) is 6.36. The van der Waals surface area contributed by atoms with Crippen LogP contribution in [0.1, 0.15) is 40.2 Å². The highest BCUT2D eigenvalue weighted by atomic mass is 16.4. The molecule has 0 aliphatic rings. The summed E-state index contributed by atoms with van der Waals surface area (Å²) in [5.74, 6) is -1.84. The van der Waals surface area contributed by atoms with Crippen LogP contribution in [0.5, 0.6) is 0 Å². The Morgan fingerprint density at radius 2 is 1.96 bits per heavy atom. The number of amides is 1. The minimum atomic E-state index is -0.911. The molecule has 2 aromatic heterocycles. The quantitative estimate of drug-likeness (QED) is 0.752. The van der Waals surface area contributed by atoms with Gasteiger partial charge in [-0.1, -0.05) is 12.1 Å². The van der Waals surface area contributed by atoms with E-state index >= 15 is 0 Å². The molecule has 1 amide bonds. The third kappa shape index (κ3) is 3.15. The molecule has 0 radical (unpaired) electrons. The zero-order valence-electron chi connectivity index (χ0n) is 15.1. The van der Waals surface area contributed by atoms with Crippen LogP contribution in [0.3, 0.4) is 0 Å². The maximum absolute atomic E-state index is 12.9. The second kappa shape index (κ2) is 6.59. The number of carbonyl (C=O) groups is 2. The predicted molar refractivity (Wildman–Crippen MR) is 98.4 cm³/mol. The van der Waals surface area contributed by atoms with Crippen molar-refractivity contribution in [3.8, 4) is 0 Å². The van der Waals surface area contributed by atoms with Gasteiger partial charge in [0.1, 0.15) is 0 Å². The fraction of sp³-hybridized carbons (Fsp3) is 0.263. The molecule has 0 bridgehead atoms. The van der Waals surface area contributed by atoms with Crippen molar-refractivity contribution in [2.75, 3.05) is 5.32 Å². The van der Waals surface area contributed by atoms with E-state index in [0.29, 0.717) is 27.8 Å². The Bertz CT molecular complexity index is 1020. The molecule has 3 aromatic rings. The molecule has 0 spiro atoms. The molecule has 134 valence electrons. The number of rotatable bonds is 4. The topological polar surface area (TPSA) is 97.1 Å². The van der Waals surface area contributed by atoms with Crippen LogP contribution in [0.15, 0.2) is 30.3 Å². The van der Waals surface area contributed by atoms with E-state index in [-0.39, 0.29) is 5.91 Å². The monoisotopic (exact) mass is 352 g/mol. The van der Waals surface area contributed by atoms with Crippen LogP contribution < -0.4 is 5.32 Å². The van der Waals surface area contributed by atoms with Crippen LogP contribution in [0.2, 0.25) is 0 Å². The Morgan fingerprint density at radius 1 is 1.23 bits per heavy atom. The lowest BCUT2D eigenvalue weighted by Crippen LogP contribution is -2.14. The van der Waals surface area contributed by atoms with Gasteiger partial charge in [0.15, 0.2) is 5.65 Å². The largest absolute Gasteiger partial charge is 0.481 e. The predicted octanol–water partition coefficient (Wildman–Crippen LogP) is 3.03. The molecule has 0 fully saturated rings. The molecule has 1 unspecified atom stereocenters. The smallest absolute Gasteiger partial charge is 0.310 e. The average molecular weight is 352 g/mol. The van der Waals surface area contributed by atoms with Crippen molar-refractivity contribution in [3.05, 3.63) is 52.8 Å². The lowest BCUT2D eigenvalue weighted by atomic mass is 10.0. The highest BCUT2D eigenvalue weighted by Crippen LogP contribution is 2.24. The summed E-state index contributed by atoms with van der Waals surface area (Å²) in [5, 5.41) is 17.1. The summed E-state index contributed by atoms with van der Waals surface area (Å²) < 4.78 is 1.66. The van der Waals surface area contributed by atoms with E-state index in [2.05, 4.69) is 15.4 Å². The van der Waals surface area contributed by atoms with Gasteiger partial charge in [-0.2, -0.15) is 5.10 Å². The van der Waals surface area contributed by atoms with Crippen LogP contribution in [-0.4, -0.2) is 31.7 Å². The Kier molecular flexibility index (Phi) is 4.46. The second-order valence-corrected chi connectivity index (χ2v) is 6.36. The highest BCUT2D eigenvalue weighted by molar-refractivity contribution is 6.12. The molecule has 0 aliphatic carbocycles. The lowest BCUT2D eigenvalue weighted by Gasteiger charge is -2.11. The molecule has 2 heterocycles. The number of aryl methyl sites for hydroxylation is 3. The lowest BCUT2D eigenvalue weighted by molar-refractivity contribution is -0.138.